The summed E-state index contributed by atoms with van der Waals surface area (Å²) in [6, 6.07) is 13.2. The van der Waals surface area contributed by atoms with Crippen molar-refractivity contribution in [3.8, 4) is 0 Å². The van der Waals surface area contributed by atoms with Crippen molar-refractivity contribution in [2.75, 3.05) is 24.6 Å². The van der Waals surface area contributed by atoms with Crippen LogP contribution in [0.1, 0.15) is 55.4 Å². The standard InChI is InChI=1S/C38H46BrN3O7/c1-6-9-15-30(44)40-21-29(25-13-11-10-12-14-25)48-37(47)31-32-35(45)42(26(8-3)22-43)34(38(32)20-27(39)33(31)49-38)36(46)41(18-7-2)28-19-23(4)16-17-24(28)5/h6-7,10-14,16-17,19,26-27,29,31-34,43H,1-2,8-9,15,18,20-22H2,3-5H3,(H,40,44)/t26-,27?,29+,31+,32-,33+,34+,38-/m0/s1. The number of halogens is 1. The molecule has 2 bridgehead atoms. The number of benzene rings is 2. The first-order valence-corrected chi connectivity index (χ1v) is 17.8. The van der Waals surface area contributed by atoms with Gasteiger partial charge >= 0.3 is 5.97 Å². The molecule has 1 spiro atoms. The van der Waals surface area contributed by atoms with E-state index >= 15 is 0 Å². The van der Waals surface area contributed by atoms with Gasteiger partial charge in [-0.15, -0.1) is 13.2 Å². The molecule has 1 unspecified atom stereocenters. The Morgan fingerprint density at radius 2 is 1.92 bits per heavy atom. The van der Waals surface area contributed by atoms with Gasteiger partial charge in [0, 0.05) is 23.5 Å². The van der Waals surface area contributed by atoms with Crippen molar-refractivity contribution in [3.05, 3.63) is 90.5 Å². The zero-order valence-electron chi connectivity index (χ0n) is 28.3. The van der Waals surface area contributed by atoms with Crippen molar-refractivity contribution in [1.82, 2.24) is 10.2 Å². The maximum Gasteiger partial charge on any atom is 0.313 e. The van der Waals surface area contributed by atoms with Crippen LogP contribution in [0.2, 0.25) is 0 Å². The molecule has 3 aliphatic rings. The number of likely N-dealkylation sites (tertiary alicyclic amines) is 1. The average molecular weight is 737 g/mol. The molecule has 3 fully saturated rings. The molecule has 3 heterocycles. The molecule has 3 amide bonds. The molecule has 10 nitrogen and oxygen atoms in total. The zero-order valence-corrected chi connectivity index (χ0v) is 29.9. The van der Waals surface area contributed by atoms with Crippen LogP contribution in [0.4, 0.5) is 5.69 Å². The first-order chi connectivity index (χ1) is 23.5. The first-order valence-electron chi connectivity index (χ1n) is 16.9. The summed E-state index contributed by atoms with van der Waals surface area (Å²) in [6.07, 6.45) is 3.19. The second kappa shape index (κ2) is 15.4. The van der Waals surface area contributed by atoms with Crippen LogP contribution in [0.15, 0.2) is 73.8 Å². The molecule has 3 aliphatic heterocycles. The van der Waals surface area contributed by atoms with E-state index in [0.29, 0.717) is 30.5 Å². The lowest BCUT2D eigenvalue weighted by atomic mass is 9.70. The fourth-order valence-electron chi connectivity index (χ4n) is 7.66. The number of aryl methyl sites for hydroxylation is 2. The van der Waals surface area contributed by atoms with Crippen molar-refractivity contribution < 1.29 is 33.8 Å². The molecule has 11 heteroatoms. The second-order valence-electron chi connectivity index (χ2n) is 13.1. The Kier molecular flexibility index (Phi) is 11.5. The van der Waals surface area contributed by atoms with Gasteiger partial charge in [-0.25, -0.2) is 0 Å². The van der Waals surface area contributed by atoms with E-state index in [0.717, 1.165) is 11.1 Å². The predicted octanol–water partition coefficient (Wildman–Crippen LogP) is 4.71. The zero-order chi connectivity index (χ0) is 35.5. The van der Waals surface area contributed by atoms with E-state index in [9.17, 15) is 24.3 Å². The van der Waals surface area contributed by atoms with Crippen molar-refractivity contribution >= 4 is 45.3 Å². The predicted molar refractivity (Wildman–Crippen MR) is 190 cm³/mol. The van der Waals surface area contributed by atoms with E-state index in [1.54, 1.807) is 17.1 Å². The van der Waals surface area contributed by atoms with Crippen molar-refractivity contribution in [2.24, 2.45) is 11.8 Å². The Hall–Kier alpha value is -3.80. The maximum atomic E-state index is 14.9. The second-order valence-corrected chi connectivity index (χ2v) is 14.3. The van der Waals surface area contributed by atoms with E-state index in [4.69, 9.17) is 9.47 Å². The number of hydrogen-bond donors (Lipinski definition) is 2. The molecule has 262 valence electrons. The molecular formula is C38H46BrN3O7. The van der Waals surface area contributed by atoms with Crippen LogP contribution in [-0.4, -0.2) is 82.0 Å². The van der Waals surface area contributed by atoms with Crippen molar-refractivity contribution in [2.45, 2.75) is 81.2 Å². The fourth-order valence-corrected chi connectivity index (χ4v) is 8.60. The topological polar surface area (TPSA) is 125 Å². The molecule has 49 heavy (non-hydrogen) atoms. The third-order valence-corrected chi connectivity index (χ3v) is 10.9. The normalized spacial score (nSPS) is 26.5. The molecule has 0 radical (unpaired) electrons. The van der Waals surface area contributed by atoms with Crippen molar-refractivity contribution in [1.29, 1.82) is 0 Å². The monoisotopic (exact) mass is 735 g/mol. The Morgan fingerprint density at radius 3 is 2.57 bits per heavy atom. The minimum absolute atomic E-state index is 0.0352. The van der Waals surface area contributed by atoms with E-state index in [-0.39, 0.29) is 42.8 Å². The number of hydrogen-bond acceptors (Lipinski definition) is 7. The van der Waals surface area contributed by atoms with E-state index in [1.807, 2.05) is 69.3 Å². The Bertz CT molecular complexity index is 1580. The number of fused-ring (bicyclic) bond motifs is 1. The summed E-state index contributed by atoms with van der Waals surface area (Å²) < 4.78 is 12.9. The van der Waals surface area contributed by atoms with Crippen LogP contribution < -0.4 is 10.2 Å². The summed E-state index contributed by atoms with van der Waals surface area (Å²) in [5.41, 5.74) is 1.86. The van der Waals surface area contributed by atoms with Gasteiger partial charge in [-0.1, -0.05) is 77.5 Å². The number of aliphatic hydroxyl groups excluding tert-OH is 1. The SMILES string of the molecule is C=CCCC(=O)NC[C@@H](OC(=O)[C@H]1[C@@H]2O[C@@]3(CC2Br)[C@@H]1C(=O)N([C@@H](CC)CO)[C@@H]3C(=O)N(CC=C)c1cc(C)ccc1C)c1ccccc1. The van der Waals surface area contributed by atoms with E-state index in [1.165, 1.54) is 4.90 Å². The third kappa shape index (κ3) is 6.85. The first kappa shape index (κ1) is 36.5. The van der Waals surface area contributed by atoms with E-state index < -0.39 is 53.6 Å². The van der Waals surface area contributed by atoms with Crippen LogP contribution in [0.3, 0.4) is 0 Å². The lowest BCUT2D eigenvalue weighted by molar-refractivity contribution is -0.160. The number of carbonyl (C=O) groups is 4. The average Bonchev–Trinajstić information content (AvgIpc) is 3.69. The molecule has 3 saturated heterocycles. The number of aliphatic hydroxyl groups is 1. The number of anilines is 1. The molecule has 5 rings (SSSR count). The summed E-state index contributed by atoms with van der Waals surface area (Å²) >= 11 is 3.72. The van der Waals surface area contributed by atoms with E-state index in [2.05, 4.69) is 34.4 Å². The van der Waals surface area contributed by atoms with Gasteiger partial charge in [-0.05, 0) is 55.9 Å². The minimum Gasteiger partial charge on any atom is -0.455 e. The molecule has 8 atom stereocenters. The molecule has 2 aromatic carbocycles. The fraction of sp³-hybridized carbons (Fsp3) is 0.474. The van der Waals surface area contributed by atoms with Gasteiger partial charge in [0.25, 0.3) is 5.91 Å². The number of amides is 3. The van der Waals surface area contributed by atoms with Gasteiger partial charge in [-0.2, -0.15) is 0 Å². The highest BCUT2D eigenvalue weighted by Gasteiger charge is 2.77. The number of esters is 1. The maximum absolute atomic E-state index is 14.9. The van der Waals surface area contributed by atoms with Crippen LogP contribution >= 0.6 is 15.9 Å². The molecule has 2 N–H and O–H groups in total. The largest absolute Gasteiger partial charge is 0.455 e. The summed E-state index contributed by atoms with van der Waals surface area (Å²) in [4.78, 5) is 59.1. The number of ether oxygens (including phenoxy) is 2. The molecular weight excluding hydrogens is 690 g/mol. The van der Waals surface area contributed by atoms with Crippen LogP contribution in [-0.2, 0) is 28.7 Å². The number of rotatable bonds is 15. The highest BCUT2D eigenvalue weighted by molar-refractivity contribution is 9.09. The number of allylic oxidation sites excluding steroid dienone is 1. The number of nitrogens with zero attached hydrogens (tertiary/aromatic N) is 2. The Balaban J connectivity index is 1.52. The van der Waals surface area contributed by atoms with Crippen LogP contribution in [0.25, 0.3) is 0 Å². The summed E-state index contributed by atoms with van der Waals surface area (Å²) in [7, 11) is 0. The molecule has 0 aliphatic carbocycles. The lowest BCUT2D eigenvalue weighted by Crippen LogP contribution is -2.59. The van der Waals surface area contributed by atoms with Gasteiger partial charge in [-0.3, -0.25) is 19.2 Å². The van der Waals surface area contributed by atoms with Crippen molar-refractivity contribution in [3.63, 3.8) is 0 Å². The van der Waals surface area contributed by atoms with Gasteiger partial charge in [0.15, 0.2) is 0 Å². The number of alkyl halides is 1. The molecule has 2 aromatic rings. The van der Waals surface area contributed by atoms with Gasteiger partial charge in [0.1, 0.15) is 17.7 Å². The summed E-state index contributed by atoms with van der Waals surface area (Å²) in [5, 5.41) is 13.3. The quantitative estimate of drug-likeness (QED) is 0.154. The van der Waals surface area contributed by atoms with Crippen LogP contribution in [0, 0.1) is 25.7 Å². The summed E-state index contributed by atoms with van der Waals surface area (Å²) in [5.74, 6) is -3.68. The van der Waals surface area contributed by atoms with Gasteiger partial charge < -0.3 is 29.7 Å². The molecule has 0 saturated carbocycles. The Morgan fingerprint density at radius 1 is 1.18 bits per heavy atom. The lowest BCUT2D eigenvalue weighted by Gasteiger charge is -2.39. The number of nitrogens with one attached hydrogen (secondary N) is 1. The highest BCUT2D eigenvalue weighted by atomic mass is 79.9. The van der Waals surface area contributed by atoms with Gasteiger partial charge in [0.2, 0.25) is 11.8 Å². The third-order valence-electron chi connectivity index (χ3n) is 10.0. The van der Waals surface area contributed by atoms with Crippen LogP contribution in [0.5, 0.6) is 0 Å². The smallest absolute Gasteiger partial charge is 0.313 e. The summed E-state index contributed by atoms with van der Waals surface area (Å²) in [6.45, 7) is 13.1. The molecule has 0 aromatic heterocycles. The Labute approximate surface area is 296 Å². The highest BCUT2D eigenvalue weighted by Crippen LogP contribution is 2.61. The number of carbonyl (C=O) groups excluding carboxylic acids is 4. The minimum atomic E-state index is -1.35. The van der Waals surface area contributed by atoms with Gasteiger partial charge in [0.05, 0.1) is 37.1 Å².